The van der Waals surface area contributed by atoms with Crippen LogP contribution in [0.15, 0.2) is 36.4 Å². The smallest absolute Gasteiger partial charge is 0.238 e. The van der Waals surface area contributed by atoms with Gasteiger partial charge in [-0.3, -0.25) is 9.69 Å². The maximum atomic E-state index is 12.3. The molecule has 1 N–H and O–H groups in total. The van der Waals surface area contributed by atoms with Gasteiger partial charge in [-0.25, -0.2) is 0 Å². The number of hydrogen-bond acceptors (Lipinski definition) is 4. The number of carbonyl (C=O) groups excluding carboxylic acids is 1. The van der Waals surface area contributed by atoms with Crippen LogP contribution in [0, 0.1) is 13.8 Å². The number of anilines is 1. The van der Waals surface area contributed by atoms with E-state index in [9.17, 15) is 4.79 Å². The molecule has 0 aliphatic heterocycles. The van der Waals surface area contributed by atoms with E-state index in [2.05, 4.69) is 11.4 Å². The zero-order valence-electron chi connectivity index (χ0n) is 15.6. The van der Waals surface area contributed by atoms with Crippen LogP contribution < -0.4 is 14.8 Å². The van der Waals surface area contributed by atoms with E-state index >= 15 is 0 Å². The van der Waals surface area contributed by atoms with Crippen molar-refractivity contribution < 1.29 is 14.3 Å². The van der Waals surface area contributed by atoms with Crippen molar-refractivity contribution in [3.05, 3.63) is 53.1 Å². The second-order valence-electron chi connectivity index (χ2n) is 6.22. The minimum atomic E-state index is -0.0399. The van der Waals surface area contributed by atoms with Crippen LogP contribution in [0.3, 0.4) is 0 Å². The SMILES string of the molecule is COc1ccc(CN(C)CC(=O)Nc2ccc(C)cc2C)c(OC)c1. The third kappa shape index (κ3) is 5.22. The van der Waals surface area contributed by atoms with Crippen LogP contribution in [0.4, 0.5) is 5.69 Å². The van der Waals surface area contributed by atoms with E-state index in [4.69, 9.17) is 9.47 Å². The summed E-state index contributed by atoms with van der Waals surface area (Å²) in [7, 11) is 5.16. The number of aryl methyl sites for hydroxylation is 2. The minimum Gasteiger partial charge on any atom is -0.497 e. The summed E-state index contributed by atoms with van der Waals surface area (Å²) in [6.45, 7) is 4.93. The van der Waals surface area contributed by atoms with E-state index in [1.54, 1.807) is 14.2 Å². The van der Waals surface area contributed by atoms with E-state index in [1.165, 1.54) is 5.56 Å². The van der Waals surface area contributed by atoms with E-state index in [0.717, 1.165) is 28.3 Å². The molecule has 0 spiro atoms. The first-order chi connectivity index (χ1) is 11.9. The lowest BCUT2D eigenvalue weighted by Crippen LogP contribution is -2.30. The number of methoxy groups -OCH3 is 2. The molecule has 25 heavy (non-hydrogen) atoms. The van der Waals surface area contributed by atoms with Gasteiger partial charge < -0.3 is 14.8 Å². The number of carbonyl (C=O) groups is 1. The lowest BCUT2D eigenvalue weighted by molar-refractivity contribution is -0.117. The van der Waals surface area contributed by atoms with E-state index in [0.29, 0.717) is 13.1 Å². The molecular formula is C20H26N2O3. The normalized spacial score (nSPS) is 10.6. The number of benzene rings is 2. The highest BCUT2D eigenvalue weighted by molar-refractivity contribution is 5.93. The fourth-order valence-corrected chi connectivity index (χ4v) is 2.72. The number of rotatable bonds is 7. The summed E-state index contributed by atoms with van der Waals surface area (Å²) in [6, 6.07) is 11.7. The van der Waals surface area contributed by atoms with Gasteiger partial charge in [0.1, 0.15) is 11.5 Å². The Hall–Kier alpha value is -2.53. The third-order valence-electron chi connectivity index (χ3n) is 4.00. The van der Waals surface area contributed by atoms with Gasteiger partial charge in [-0.2, -0.15) is 0 Å². The first kappa shape index (κ1) is 18.8. The maximum Gasteiger partial charge on any atom is 0.238 e. The van der Waals surface area contributed by atoms with Gasteiger partial charge in [-0.15, -0.1) is 0 Å². The van der Waals surface area contributed by atoms with Crippen molar-refractivity contribution in [2.24, 2.45) is 0 Å². The number of amides is 1. The summed E-state index contributed by atoms with van der Waals surface area (Å²) in [4.78, 5) is 14.2. The van der Waals surface area contributed by atoms with Gasteiger partial charge in [0.2, 0.25) is 5.91 Å². The first-order valence-corrected chi connectivity index (χ1v) is 8.19. The Morgan fingerprint density at radius 2 is 1.84 bits per heavy atom. The van der Waals surface area contributed by atoms with Gasteiger partial charge in [0.25, 0.3) is 0 Å². The zero-order chi connectivity index (χ0) is 18.4. The van der Waals surface area contributed by atoms with Crippen molar-refractivity contribution in [1.29, 1.82) is 0 Å². The van der Waals surface area contributed by atoms with Crippen LogP contribution >= 0.6 is 0 Å². The number of hydrogen-bond donors (Lipinski definition) is 1. The Morgan fingerprint density at radius 1 is 1.08 bits per heavy atom. The largest absolute Gasteiger partial charge is 0.497 e. The second-order valence-corrected chi connectivity index (χ2v) is 6.22. The molecule has 0 radical (unpaired) electrons. The predicted molar refractivity (Wildman–Crippen MR) is 100 cm³/mol. The van der Waals surface area contributed by atoms with Gasteiger partial charge in [-0.1, -0.05) is 23.8 Å². The molecule has 0 fully saturated rings. The number of likely N-dealkylation sites (N-methyl/N-ethyl adjacent to an activating group) is 1. The molecule has 0 atom stereocenters. The Balaban J connectivity index is 1.97. The maximum absolute atomic E-state index is 12.3. The quantitative estimate of drug-likeness (QED) is 0.838. The summed E-state index contributed by atoms with van der Waals surface area (Å²) < 4.78 is 10.6. The fourth-order valence-electron chi connectivity index (χ4n) is 2.72. The zero-order valence-corrected chi connectivity index (χ0v) is 15.6. The van der Waals surface area contributed by atoms with Crippen LogP contribution in [0.5, 0.6) is 11.5 Å². The van der Waals surface area contributed by atoms with Crippen molar-refractivity contribution in [3.8, 4) is 11.5 Å². The molecule has 2 aromatic rings. The van der Waals surface area contributed by atoms with E-state index in [-0.39, 0.29) is 5.91 Å². The molecule has 0 heterocycles. The molecule has 0 saturated heterocycles. The number of ether oxygens (including phenoxy) is 2. The summed E-state index contributed by atoms with van der Waals surface area (Å²) in [5.74, 6) is 1.46. The highest BCUT2D eigenvalue weighted by Gasteiger charge is 2.12. The van der Waals surface area contributed by atoms with Crippen molar-refractivity contribution in [2.75, 3.05) is 33.1 Å². The van der Waals surface area contributed by atoms with Gasteiger partial charge in [0, 0.05) is 23.9 Å². The van der Waals surface area contributed by atoms with Crippen molar-refractivity contribution >= 4 is 11.6 Å². The molecule has 5 nitrogen and oxygen atoms in total. The Morgan fingerprint density at radius 3 is 2.48 bits per heavy atom. The summed E-state index contributed by atoms with van der Waals surface area (Å²) in [5, 5.41) is 2.97. The van der Waals surface area contributed by atoms with Crippen molar-refractivity contribution in [2.45, 2.75) is 20.4 Å². The standard InChI is InChI=1S/C20H26N2O3/c1-14-6-9-18(15(2)10-14)21-20(23)13-22(3)12-16-7-8-17(24-4)11-19(16)25-5/h6-11H,12-13H2,1-5H3,(H,21,23). The molecule has 5 heteroatoms. The van der Waals surface area contributed by atoms with Crippen LogP contribution in [0.2, 0.25) is 0 Å². The lowest BCUT2D eigenvalue weighted by atomic mass is 10.1. The number of nitrogens with one attached hydrogen (secondary N) is 1. The first-order valence-electron chi connectivity index (χ1n) is 8.19. The van der Waals surface area contributed by atoms with Gasteiger partial charge in [0.15, 0.2) is 0 Å². The molecule has 134 valence electrons. The highest BCUT2D eigenvalue weighted by Crippen LogP contribution is 2.25. The predicted octanol–water partition coefficient (Wildman–Crippen LogP) is 3.39. The molecule has 1 amide bonds. The molecule has 0 unspecified atom stereocenters. The Kier molecular flexibility index (Phi) is 6.42. The number of nitrogens with zero attached hydrogens (tertiary/aromatic N) is 1. The Labute approximate surface area is 149 Å². The molecule has 0 saturated carbocycles. The third-order valence-corrected chi connectivity index (χ3v) is 4.00. The Bertz CT molecular complexity index is 744. The van der Waals surface area contributed by atoms with Gasteiger partial charge >= 0.3 is 0 Å². The van der Waals surface area contributed by atoms with Crippen LogP contribution in [0.25, 0.3) is 0 Å². The van der Waals surface area contributed by atoms with Crippen LogP contribution in [-0.4, -0.2) is 38.6 Å². The van der Waals surface area contributed by atoms with Crippen LogP contribution in [-0.2, 0) is 11.3 Å². The monoisotopic (exact) mass is 342 g/mol. The molecule has 0 bridgehead atoms. The highest BCUT2D eigenvalue weighted by atomic mass is 16.5. The van der Waals surface area contributed by atoms with E-state index < -0.39 is 0 Å². The lowest BCUT2D eigenvalue weighted by Gasteiger charge is -2.19. The van der Waals surface area contributed by atoms with Crippen molar-refractivity contribution in [3.63, 3.8) is 0 Å². The van der Waals surface area contributed by atoms with E-state index in [1.807, 2.05) is 56.1 Å². The molecule has 0 aliphatic carbocycles. The van der Waals surface area contributed by atoms with Gasteiger partial charge in [-0.05, 0) is 38.6 Å². The average Bonchev–Trinajstić information content (AvgIpc) is 2.57. The molecule has 0 aliphatic rings. The molecule has 2 rings (SSSR count). The average molecular weight is 342 g/mol. The van der Waals surface area contributed by atoms with Gasteiger partial charge in [0.05, 0.1) is 20.8 Å². The minimum absolute atomic E-state index is 0.0399. The summed E-state index contributed by atoms with van der Waals surface area (Å²) in [5.41, 5.74) is 4.10. The van der Waals surface area contributed by atoms with Crippen molar-refractivity contribution in [1.82, 2.24) is 4.90 Å². The second kappa shape index (κ2) is 8.53. The molecule has 0 aromatic heterocycles. The van der Waals surface area contributed by atoms with Crippen LogP contribution in [0.1, 0.15) is 16.7 Å². The summed E-state index contributed by atoms with van der Waals surface area (Å²) >= 11 is 0. The fraction of sp³-hybridized carbons (Fsp3) is 0.350. The topological polar surface area (TPSA) is 50.8 Å². The summed E-state index contributed by atoms with van der Waals surface area (Å²) in [6.07, 6.45) is 0. The molecule has 2 aromatic carbocycles. The molecular weight excluding hydrogens is 316 g/mol.